The first-order chi connectivity index (χ1) is 18.4. The highest BCUT2D eigenvalue weighted by Gasteiger charge is 2.19. The quantitative estimate of drug-likeness (QED) is 0.192. The second kappa shape index (κ2) is 11.7. The number of sulfonamides is 1. The highest BCUT2D eigenvalue weighted by molar-refractivity contribution is 7.92. The van der Waals surface area contributed by atoms with Crippen LogP contribution in [0.25, 0.3) is 5.69 Å². The van der Waals surface area contributed by atoms with Crippen molar-refractivity contribution in [3.63, 3.8) is 0 Å². The fourth-order valence-corrected chi connectivity index (χ4v) is 5.72. The minimum atomic E-state index is -3.55. The summed E-state index contributed by atoms with van der Waals surface area (Å²) in [5.74, 6) is -0.418. The van der Waals surface area contributed by atoms with E-state index in [4.69, 9.17) is 23.2 Å². The number of hydrazone groups is 1. The number of nitrogens with one attached hydrogen (secondary N) is 1. The molecular weight excluding hydrogens is 555 g/mol. The molecule has 7 nitrogen and oxygen atoms in total. The summed E-state index contributed by atoms with van der Waals surface area (Å²) in [5.41, 5.74) is 8.75. The molecule has 0 aliphatic heterocycles. The van der Waals surface area contributed by atoms with E-state index in [0.717, 1.165) is 33.8 Å². The van der Waals surface area contributed by atoms with Crippen LogP contribution in [-0.4, -0.2) is 31.4 Å². The van der Waals surface area contributed by atoms with Gasteiger partial charge in [0.25, 0.3) is 5.91 Å². The highest BCUT2D eigenvalue weighted by atomic mass is 35.5. The van der Waals surface area contributed by atoms with E-state index in [-0.39, 0.29) is 6.54 Å². The van der Waals surface area contributed by atoms with Crippen molar-refractivity contribution >= 4 is 51.0 Å². The van der Waals surface area contributed by atoms with Gasteiger partial charge in [0.1, 0.15) is 0 Å². The molecule has 0 atom stereocenters. The van der Waals surface area contributed by atoms with Crippen molar-refractivity contribution in [2.45, 2.75) is 27.3 Å². The average Bonchev–Trinajstić information content (AvgIpc) is 3.15. The van der Waals surface area contributed by atoms with Gasteiger partial charge in [-0.1, -0.05) is 47.5 Å². The summed E-state index contributed by atoms with van der Waals surface area (Å²) < 4.78 is 28.4. The summed E-state index contributed by atoms with van der Waals surface area (Å²) in [6.45, 7) is 6.03. The number of halogens is 2. The number of hydrogen-bond acceptors (Lipinski definition) is 4. The van der Waals surface area contributed by atoms with Crippen LogP contribution in [0.5, 0.6) is 0 Å². The number of rotatable bonds is 8. The van der Waals surface area contributed by atoms with E-state index in [1.54, 1.807) is 36.5 Å². The maximum atomic E-state index is 12.7. The third kappa shape index (κ3) is 6.71. The zero-order valence-electron chi connectivity index (χ0n) is 21.9. The minimum Gasteiger partial charge on any atom is -0.318 e. The van der Waals surface area contributed by atoms with Gasteiger partial charge < -0.3 is 4.57 Å². The van der Waals surface area contributed by atoms with Crippen molar-refractivity contribution in [3.05, 3.63) is 116 Å². The number of aromatic nitrogens is 1. The summed E-state index contributed by atoms with van der Waals surface area (Å²) in [6, 6.07) is 21.3. The molecule has 1 amide bonds. The predicted octanol–water partition coefficient (Wildman–Crippen LogP) is 6.44. The van der Waals surface area contributed by atoms with Crippen molar-refractivity contribution in [3.8, 4) is 5.69 Å². The van der Waals surface area contributed by atoms with Gasteiger partial charge in [-0.2, -0.15) is 5.10 Å². The fourth-order valence-electron chi connectivity index (χ4n) is 4.33. The lowest BCUT2D eigenvalue weighted by Crippen LogP contribution is -2.29. The van der Waals surface area contributed by atoms with E-state index >= 15 is 0 Å². The van der Waals surface area contributed by atoms with Gasteiger partial charge in [0.2, 0.25) is 10.0 Å². The summed E-state index contributed by atoms with van der Waals surface area (Å²) in [5, 5.41) is 5.20. The summed E-state index contributed by atoms with van der Waals surface area (Å²) >= 11 is 12.4. The van der Waals surface area contributed by atoms with Gasteiger partial charge in [-0.05, 0) is 80.4 Å². The number of benzene rings is 3. The van der Waals surface area contributed by atoms with E-state index < -0.39 is 15.9 Å². The van der Waals surface area contributed by atoms with E-state index in [9.17, 15) is 13.2 Å². The minimum absolute atomic E-state index is 0.196. The van der Waals surface area contributed by atoms with Crippen LogP contribution in [0.2, 0.25) is 10.0 Å². The Bertz CT molecular complexity index is 1640. The fraction of sp³-hybridized carbons (Fsp3) is 0.172. The van der Waals surface area contributed by atoms with Gasteiger partial charge in [0, 0.05) is 38.2 Å². The van der Waals surface area contributed by atoms with Crippen LogP contribution >= 0.6 is 23.2 Å². The smallest absolute Gasteiger partial charge is 0.271 e. The van der Waals surface area contributed by atoms with Crippen LogP contribution in [0.3, 0.4) is 0 Å². The van der Waals surface area contributed by atoms with Crippen LogP contribution in [0, 0.1) is 20.8 Å². The third-order valence-electron chi connectivity index (χ3n) is 6.34. The lowest BCUT2D eigenvalue weighted by molar-refractivity contribution is 0.0955. The SMILES string of the molecule is Cc1ccccc1CN(c1ccc(C(=O)N/N=C\c2cc(C)n(-c3cc(Cl)cc(Cl)c3)c2C)cc1)S(C)(=O)=O. The first-order valence-electron chi connectivity index (χ1n) is 12.0. The zero-order valence-corrected chi connectivity index (χ0v) is 24.3. The van der Waals surface area contributed by atoms with Crippen LogP contribution in [0.4, 0.5) is 5.69 Å². The Morgan fingerprint density at radius 2 is 1.62 bits per heavy atom. The van der Waals surface area contributed by atoms with E-state index in [2.05, 4.69) is 10.5 Å². The number of amides is 1. The number of hydrogen-bond donors (Lipinski definition) is 1. The van der Waals surface area contributed by atoms with Crippen molar-refractivity contribution in [2.24, 2.45) is 5.10 Å². The normalized spacial score (nSPS) is 11.6. The van der Waals surface area contributed by atoms with Gasteiger partial charge in [0.15, 0.2) is 0 Å². The van der Waals surface area contributed by atoms with Crippen LogP contribution in [-0.2, 0) is 16.6 Å². The molecule has 0 aliphatic rings. The third-order valence-corrected chi connectivity index (χ3v) is 7.92. The van der Waals surface area contributed by atoms with E-state index in [1.165, 1.54) is 10.6 Å². The molecule has 0 fully saturated rings. The Morgan fingerprint density at radius 1 is 0.974 bits per heavy atom. The number of carbonyl (C=O) groups is 1. The monoisotopic (exact) mass is 582 g/mol. The highest BCUT2D eigenvalue weighted by Crippen LogP contribution is 2.26. The van der Waals surface area contributed by atoms with Crippen LogP contribution in [0.15, 0.2) is 77.9 Å². The molecule has 0 unspecified atom stereocenters. The zero-order chi connectivity index (χ0) is 28.3. The Morgan fingerprint density at radius 3 is 2.23 bits per heavy atom. The van der Waals surface area contributed by atoms with Gasteiger partial charge in [0.05, 0.1) is 24.7 Å². The van der Waals surface area contributed by atoms with E-state index in [0.29, 0.717) is 21.3 Å². The standard InChI is InChI=1S/C29H28Cl2N4O3S/c1-19-7-5-6-8-23(19)18-34(39(4,37)38)27-11-9-22(10-12-27)29(36)33-32-17-24-13-20(2)35(21(24)3)28-15-25(30)14-26(31)16-28/h5-17H,18H2,1-4H3,(H,33,36)/b32-17-. The Balaban J connectivity index is 1.48. The lowest BCUT2D eigenvalue weighted by atomic mass is 10.1. The molecule has 3 aromatic carbocycles. The van der Waals surface area contributed by atoms with Gasteiger partial charge in [-0.3, -0.25) is 9.10 Å². The van der Waals surface area contributed by atoms with Gasteiger partial charge >= 0.3 is 0 Å². The molecule has 0 bridgehead atoms. The summed E-state index contributed by atoms with van der Waals surface area (Å²) in [4.78, 5) is 12.7. The molecule has 4 aromatic rings. The van der Waals surface area contributed by atoms with Crippen molar-refractivity contribution < 1.29 is 13.2 Å². The van der Waals surface area contributed by atoms with Crippen LogP contribution < -0.4 is 9.73 Å². The van der Waals surface area contributed by atoms with Crippen LogP contribution in [0.1, 0.15) is 38.4 Å². The van der Waals surface area contributed by atoms with Crippen molar-refractivity contribution in [1.82, 2.24) is 9.99 Å². The molecule has 1 aromatic heterocycles. The summed E-state index contributed by atoms with van der Waals surface area (Å²) in [6.07, 6.45) is 2.74. The second-order valence-corrected chi connectivity index (χ2v) is 12.0. The van der Waals surface area contributed by atoms with Crippen molar-refractivity contribution in [2.75, 3.05) is 10.6 Å². The number of nitrogens with zero attached hydrogens (tertiary/aromatic N) is 3. The van der Waals surface area contributed by atoms with Crippen molar-refractivity contribution in [1.29, 1.82) is 0 Å². The lowest BCUT2D eigenvalue weighted by Gasteiger charge is -2.23. The molecule has 0 spiro atoms. The molecule has 0 saturated heterocycles. The topological polar surface area (TPSA) is 83.8 Å². The molecule has 202 valence electrons. The number of carbonyl (C=O) groups excluding carboxylic acids is 1. The molecule has 1 N–H and O–H groups in total. The second-order valence-electron chi connectivity index (χ2n) is 9.23. The molecule has 0 saturated carbocycles. The Hall–Kier alpha value is -3.59. The maximum Gasteiger partial charge on any atom is 0.271 e. The molecule has 10 heteroatoms. The average molecular weight is 584 g/mol. The molecule has 4 rings (SSSR count). The molecule has 39 heavy (non-hydrogen) atoms. The molecule has 0 aliphatic carbocycles. The largest absolute Gasteiger partial charge is 0.318 e. The number of anilines is 1. The van der Waals surface area contributed by atoms with Gasteiger partial charge in [-0.25, -0.2) is 13.8 Å². The Kier molecular flexibility index (Phi) is 8.49. The first kappa shape index (κ1) is 28.4. The first-order valence-corrected chi connectivity index (χ1v) is 14.7. The predicted molar refractivity (Wildman–Crippen MR) is 159 cm³/mol. The molecular formula is C29H28Cl2N4O3S. The van der Waals surface area contributed by atoms with Gasteiger partial charge in [-0.15, -0.1) is 0 Å². The molecule has 1 heterocycles. The Labute approximate surface area is 238 Å². The maximum absolute atomic E-state index is 12.7. The number of aryl methyl sites for hydroxylation is 2. The summed E-state index contributed by atoms with van der Waals surface area (Å²) in [7, 11) is -3.55. The molecule has 0 radical (unpaired) electrons. The van der Waals surface area contributed by atoms with E-state index in [1.807, 2.05) is 67.8 Å².